The van der Waals surface area contributed by atoms with Crippen molar-refractivity contribution in [1.82, 2.24) is 25.4 Å². The van der Waals surface area contributed by atoms with Gasteiger partial charge in [-0.3, -0.25) is 4.99 Å². The molecule has 0 saturated heterocycles. The molecule has 8 heteroatoms. The maximum Gasteiger partial charge on any atom is 0.191 e. The molecule has 1 aliphatic rings. The van der Waals surface area contributed by atoms with Crippen molar-refractivity contribution < 1.29 is 9.50 Å². The zero-order valence-electron chi connectivity index (χ0n) is 13.5. The van der Waals surface area contributed by atoms with Gasteiger partial charge in [-0.1, -0.05) is 12.1 Å². The van der Waals surface area contributed by atoms with E-state index in [0.717, 1.165) is 25.2 Å². The quantitative estimate of drug-likeness (QED) is 0.565. The maximum atomic E-state index is 12.9. The van der Waals surface area contributed by atoms with Gasteiger partial charge in [-0.15, -0.1) is 0 Å². The van der Waals surface area contributed by atoms with E-state index in [1.807, 2.05) is 4.68 Å². The third kappa shape index (κ3) is 3.88. The van der Waals surface area contributed by atoms with Crippen LogP contribution in [-0.2, 0) is 13.0 Å². The summed E-state index contributed by atoms with van der Waals surface area (Å²) in [5.74, 6) is 1.30. The van der Waals surface area contributed by atoms with Crippen molar-refractivity contribution in [2.75, 3.05) is 13.6 Å². The molecular formula is C16H21FN6O. The topological polar surface area (TPSA) is 87.4 Å². The largest absolute Gasteiger partial charge is 0.387 e. The van der Waals surface area contributed by atoms with Crippen LogP contribution in [-0.4, -0.2) is 45.5 Å². The van der Waals surface area contributed by atoms with Crippen LogP contribution in [0.1, 0.15) is 23.9 Å². The number of hydrogen-bond acceptors (Lipinski definition) is 4. The monoisotopic (exact) mass is 332 g/mol. The number of nitrogens with one attached hydrogen (secondary N) is 2. The van der Waals surface area contributed by atoms with E-state index in [1.165, 1.54) is 12.1 Å². The summed E-state index contributed by atoms with van der Waals surface area (Å²) in [5, 5.41) is 20.8. The van der Waals surface area contributed by atoms with Gasteiger partial charge in [0.05, 0.1) is 12.6 Å². The molecule has 0 amide bonds. The highest BCUT2D eigenvalue weighted by molar-refractivity contribution is 5.80. The number of halogens is 1. The van der Waals surface area contributed by atoms with E-state index in [2.05, 4.69) is 25.7 Å². The Bertz CT molecular complexity index is 699. The second-order valence-electron chi connectivity index (χ2n) is 5.76. The van der Waals surface area contributed by atoms with Gasteiger partial charge < -0.3 is 15.7 Å². The summed E-state index contributed by atoms with van der Waals surface area (Å²) in [6, 6.07) is 6.02. The van der Waals surface area contributed by atoms with Gasteiger partial charge >= 0.3 is 0 Å². The average molecular weight is 332 g/mol. The molecule has 0 aliphatic carbocycles. The van der Waals surface area contributed by atoms with E-state index in [1.54, 1.807) is 25.5 Å². The first-order valence-corrected chi connectivity index (χ1v) is 7.93. The van der Waals surface area contributed by atoms with Crippen molar-refractivity contribution in [3.05, 3.63) is 47.8 Å². The molecule has 2 atom stereocenters. The van der Waals surface area contributed by atoms with Gasteiger partial charge in [0.2, 0.25) is 0 Å². The summed E-state index contributed by atoms with van der Waals surface area (Å²) in [7, 11) is 1.68. The van der Waals surface area contributed by atoms with Crippen LogP contribution < -0.4 is 10.6 Å². The Labute approximate surface area is 139 Å². The Morgan fingerprint density at radius 2 is 2.25 bits per heavy atom. The molecular weight excluding hydrogens is 311 g/mol. The van der Waals surface area contributed by atoms with E-state index in [9.17, 15) is 9.50 Å². The number of rotatable bonds is 4. The molecule has 0 saturated carbocycles. The van der Waals surface area contributed by atoms with Gasteiger partial charge in [-0.2, -0.15) is 5.10 Å². The van der Waals surface area contributed by atoms with E-state index >= 15 is 0 Å². The Morgan fingerprint density at radius 1 is 1.46 bits per heavy atom. The molecule has 0 radical (unpaired) electrons. The molecule has 2 heterocycles. The Morgan fingerprint density at radius 3 is 3.00 bits per heavy atom. The van der Waals surface area contributed by atoms with Crippen LogP contribution in [0.25, 0.3) is 0 Å². The summed E-state index contributed by atoms with van der Waals surface area (Å²) < 4.78 is 14.8. The minimum atomic E-state index is -0.738. The highest BCUT2D eigenvalue weighted by Gasteiger charge is 2.20. The summed E-state index contributed by atoms with van der Waals surface area (Å²) in [5.41, 5.74) is 0.657. The molecule has 2 aromatic rings. The van der Waals surface area contributed by atoms with Crippen LogP contribution in [0, 0.1) is 5.82 Å². The maximum absolute atomic E-state index is 12.9. The third-order valence-corrected chi connectivity index (χ3v) is 4.09. The zero-order valence-corrected chi connectivity index (χ0v) is 13.5. The van der Waals surface area contributed by atoms with Crippen molar-refractivity contribution in [2.24, 2.45) is 4.99 Å². The first-order valence-electron chi connectivity index (χ1n) is 7.93. The first-order chi connectivity index (χ1) is 11.7. The van der Waals surface area contributed by atoms with Gasteiger partial charge in [-0.25, -0.2) is 14.1 Å². The second kappa shape index (κ2) is 7.39. The number of fused-ring (bicyclic) bond motifs is 1. The fourth-order valence-corrected chi connectivity index (χ4v) is 2.74. The molecule has 1 aromatic carbocycles. The fraction of sp³-hybridized carbons (Fsp3) is 0.438. The number of aliphatic hydroxyl groups excluding tert-OH is 1. The van der Waals surface area contributed by atoms with Gasteiger partial charge in [-0.05, 0) is 24.1 Å². The normalized spacial score (nSPS) is 18.8. The molecule has 0 spiro atoms. The van der Waals surface area contributed by atoms with Gasteiger partial charge in [0.1, 0.15) is 18.0 Å². The Hall–Kier alpha value is -2.48. The van der Waals surface area contributed by atoms with Crippen LogP contribution in [0.4, 0.5) is 4.39 Å². The summed E-state index contributed by atoms with van der Waals surface area (Å²) in [6.45, 7) is 1.02. The van der Waals surface area contributed by atoms with Gasteiger partial charge in [0.25, 0.3) is 0 Å². The number of aromatic nitrogens is 3. The number of aryl methyl sites for hydroxylation is 1. The van der Waals surface area contributed by atoms with Crippen molar-refractivity contribution in [1.29, 1.82) is 0 Å². The number of aliphatic hydroxyl groups is 1. The van der Waals surface area contributed by atoms with Gasteiger partial charge in [0.15, 0.2) is 5.96 Å². The average Bonchev–Trinajstić information content (AvgIpc) is 3.06. The third-order valence-electron chi connectivity index (χ3n) is 4.09. The zero-order chi connectivity index (χ0) is 16.9. The lowest BCUT2D eigenvalue weighted by Gasteiger charge is -2.25. The smallest absolute Gasteiger partial charge is 0.191 e. The molecule has 3 rings (SSSR count). The fourth-order valence-electron chi connectivity index (χ4n) is 2.74. The molecule has 0 bridgehead atoms. The molecule has 2 unspecified atom stereocenters. The highest BCUT2D eigenvalue weighted by Crippen LogP contribution is 2.13. The molecule has 7 nitrogen and oxygen atoms in total. The van der Waals surface area contributed by atoms with E-state index < -0.39 is 6.10 Å². The lowest BCUT2D eigenvalue weighted by molar-refractivity contribution is 0.180. The standard InChI is InChI=1S/C16H21FN6O/c1-18-16(19-8-14(24)11-2-4-12(17)5-3-11)22-13-6-7-15-20-10-21-23(15)9-13/h2-5,10,13-14,24H,6-9H2,1H3,(H2,18,19,22). The minimum absolute atomic E-state index is 0.202. The van der Waals surface area contributed by atoms with Crippen LogP contribution in [0.2, 0.25) is 0 Å². The van der Waals surface area contributed by atoms with Crippen LogP contribution in [0.3, 0.4) is 0 Å². The molecule has 1 aromatic heterocycles. The van der Waals surface area contributed by atoms with Gasteiger partial charge in [0, 0.05) is 26.1 Å². The van der Waals surface area contributed by atoms with Crippen LogP contribution >= 0.6 is 0 Å². The highest BCUT2D eigenvalue weighted by atomic mass is 19.1. The summed E-state index contributed by atoms with van der Waals surface area (Å²) >= 11 is 0. The number of nitrogens with zero attached hydrogens (tertiary/aromatic N) is 4. The summed E-state index contributed by atoms with van der Waals surface area (Å²) in [4.78, 5) is 8.39. The molecule has 24 heavy (non-hydrogen) atoms. The molecule has 128 valence electrons. The Balaban J connectivity index is 1.51. The van der Waals surface area contributed by atoms with Crippen molar-refractivity contribution in [2.45, 2.75) is 31.5 Å². The number of hydrogen-bond donors (Lipinski definition) is 3. The van der Waals surface area contributed by atoms with Crippen LogP contribution in [0.5, 0.6) is 0 Å². The van der Waals surface area contributed by atoms with E-state index in [-0.39, 0.29) is 18.4 Å². The van der Waals surface area contributed by atoms with Crippen LogP contribution in [0.15, 0.2) is 35.6 Å². The lowest BCUT2D eigenvalue weighted by atomic mass is 10.1. The molecule has 1 aliphatic heterocycles. The van der Waals surface area contributed by atoms with Crippen molar-refractivity contribution >= 4 is 5.96 Å². The predicted octanol–water partition coefficient (Wildman–Crippen LogP) is 0.631. The lowest BCUT2D eigenvalue weighted by Crippen LogP contribution is -2.47. The summed E-state index contributed by atoms with van der Waals surface area (Å²) in [6.07, 6.45) is 2.65. The SMILES string of the molecule is CN=C(NCC(O)c1ccc(F)cc1)NC1CCc2ncnn2C1. The van der Waals surface area contributed by atoms with Crippen molar-refractivity contribution in [3.63, 3.8) is 0 Å². The second-order valence-corrected chi connectivity index (χ2v) is 5.76. The molecule has 0 fully saturated rings. The van der Waals surface area contributed by atoms with E-state index in [4.69, 9.17) is 0 Å². The van der Waals surface area contributed by atoms with E-state index in [0.29, 0.717) is 11.5 Å². The number of benzene rings is 1. The molecule has 3 N–H and O–H groups in total. The predicted molar refractivity (Wildman–Crippen MR) is 88.0 cm³/mol. The number of aliphatic imine (C=N–C) groups is 1. The Kier molecular flexibility index (Phi) is 5.05. The first kappa shape index (κ1) is 16.4. The number of guanidine groups is 1. The van der Waals surface area contributed by atoms with Crippen molar-refractivity contribution in [3.8, 4) is 0 Å². The minimum Gasteiger partial charge on any atom is -0.387 e.